The maximum absolute atomic E-state index is 12.5. The topological polar surface area (TPSA) is 61.9 Å². The fraction of sp³-hybridized carbons (Fsp3) is 0.600. The third kappa shape index (κ3) is 5.54. The molecule has 1 unspecified atom stereocenters. The average molecular weight is 359 g/mol. The molecule has 0 saturated carbocycles. The van der Waals surface area contributed by atoms with Gasteiger partial charge in [0.15, 0.2) is 0 Å². The molecule has 6 nitrogen and oxygen atoms in total. The van der Waals surface area contributed by atoms with Gasteiger partial charge in [-0.25, -0.2) is 0 Å². The second kappa shape index (κ2) is 9.69. The van der Waals surface area contributed by atoms with Crippen LogP contribution in [-0.2, 0) is 20.9 Å². The summed E-state index contributed by atoms with van der Waals surface area (Å²) in [7, 11) is 0. The van der Waals surface area contributed by atoms with Crippen molar-refractivity contribution in [2.45, 2.75) is 25.8 Å². The molecule has 2 fully saturated rings. The van der Waals surface area contributed by atoms with Gasteiger partial charge in [0.25, 0.3) is 0 Å². The number of carbonyl (C=O) groups is 2. The molecule has 2 heterocycles. The second-order valence-corrected chi connectivity index (χ2v) is 7.09. The van der Waals surface area contributed by atoms with Gasteiger partial charge >= 0.3 is 0 Å². The second-order valence-electron chi connectivity index (χ2n) is 7.09. The molecule has 2 aliphatic rings. The Balaban J connectivity index is 1.41. The van der Waals surface area contributed by atoms with Gasteiger partial charge in [0.1, 0.15) is 0 Å². The van der Waals surface area contributed by atoms with Gasteiger partial charge in [0, 0.05) is 45.7 Å². The van der Waals surface area contributed by atoms with Crippen LogP contribution in [0.15, 0.2) is 30.3 Å². The largest absolute Gasteiger partial charge is 0.379 e. The lowest BCUT2D eigenvalue weighted by atomic mass is 9.96. The molecule has 2 saturated heterocycles. The van der Waals surface area contributed by atoms with Crippen molar-refractivity contribution in [2.75, 3.05) is 45.9 Å². The molecule has 26 heavy (non-hydrogen) atoms. The van der Waals surface area contributed by atoms with Crippen LogP contribution in [-0.4, -0.2) is 67.6 Å². The van der Waals surface area contributed by atoms with Crippen molar-refractivity contribution in [1.29, 1.82) is 0 Å². The van der Waals surface area contributed by atoms with Crippen LogP contribution in [0.3, 0.4) is 0 Å². The summed E-state index contributed by atoms with van der Waals surface area (Å²) < 4.78 is 5.36. The third-order valence-corrected chi connectivity index (χ3v) is 5.19. The zero-order valence-corrected chi connectivity index (χ0v) is 15.4. The number of morpholine rings is 1. The Bertz CT molecular complexity index is 587. The van der Waals surface area contributed by atoms with Crippen molar-refractivity contribution in [3.8, 4) is 0 Å². The van der Waals surface area contributed by atoms with Crippen LogP contribution in [0.25, 0.3) is 0 Å². The molecular formula is C20H29N3O3. The summed E-state index contributed by atoms with van der Waals surface area (Å²) in [5, 5.41) is 3.01. The Morgan fingerprint density at radius 1 is 1.15 bits per heavy atom. The lowest BCUT2D eigenvalue weighted by Gasteiger charge is -2.33. The predicted molar refractivity (Wildman–Crippen MR) is 99.5 cm³/mol. The Morgan fingerprint density at radius 2 is 1.92 bits per heavy atom. The van der Waals surface area contributed by atoms with E-state index in [-0.39, 0.29) is 17.7 Å². The van der Waals surface area contributed by atoms with E-state index in [1.807, 2.05) is 35.2 Å². The number of hydrogen-bond donors (Lipinski definition) is 1. The van der Waals surface area contributed by atoms with E-state index < -0.39 is 0 Å². The first-order valence-corrected chi connectivity index (χ1v) is 9.62. The van der Waals surface area contributed by atoms with Crippen LogP contribution in [0, 0.1) is 5.92 Å². The summed E-state index contributed by atoms with van der Waals surface area (Å²) in [6.07, 6.45) is 2.07. The van der Waals surface area contributed by atoms with Crippen molar-refractivity contribution in [3.63, 3.8) is 0 Å². The third-order valence-electron chi connectivity index (χ3n) is 5.19. The summed E-state index contributed by atoms with van der Waals surface area (Å²) in [5.41, 5.74) is 1.09. The number of nitrogens with zero attached hydrogens (tertiary/aromatic N) is 2. The van der Waals surface area contributed by atoms with Crippen LogP contribution >= 0.6 is 0 Å². The fourth-order valence-corrected chi connectivity index (χ4v) is 3.58. The number of nitrogens with one attached hydrogen (secondary N) is 1. The summed E-state index contributed by atoms with van der Waals surface area (Å²) in [4.78, 5) is 28.9. The highest BCUT2D eigenvalue weighted by atomic mass is 16.5. The molecule has 0 aliphatic carbocycles. The Morgan fingerprint density at radius 3 is 2.69 bits per heavy atom. The summed E-state index contributed by atoms with van der Waals surface area (Å²) >= 11 is 0. The van der Waals surface area contributed by atoms with E-state index in [9.17, 15) is 9.59 Å². The molecule has 0 spiro atoms. The first-order valence-electron chi connectivity index (χ1n) is 9.62. The van der Waals surface area contributed by atoms with Crippen molar-refractivity contribution in [3.05, 3.63) is 35.9 Å². The molecule has 0 radical (unpaired) electrons. The van der Waals surface area contributed by atoms with E-state index in [2.05, 4.69) is 10.2 Å². The predicted octanol–water partition coefficient (Wildman–Crippen LogP) is 1.26. The van der Waals surface area contributed by atoms with Gasteiger partial charge in [-0.2, -0.15) is 0 Å². The van der Waals surface area contributed by atoms with Gasteiger partial charge in [-0.1, -0.05) is 30.3 Å². The number of rotatable bonds is 7. The molecule has 142 valence electrons. The van der Waals surface area contributed by atoms with Gasteiger partial charge in [-0.3, -0.25) is 14.5 Å². The zero-order chi connectivity index (χ0) is 18.2. The molecule has 3 rings (SSSR count). The first kappa shape index (κ1) is 18.9. The van der Waals surface area contributed by atoms with Crippen LogP contribution < -0.4 is 5.32 Å². The Kier molecular flexibility index (Phi) is 7.03. The van der Waals surface area contributed by atoms with E-state index in [0.29, 0.717) is 25.9 Å². The van der Waals surface area contributed by atoms with Gasteiger partial charge < -0.3 is 15.0 Å². The van der Waals surface area contributed by atoms with E-state index in [1.165, 1.54) is 0 Å². The average Bonchev–Trinajstić information content (AvgIpc) is 2.69. The van der Waals surface area contributed by atoms with Crippen molar-refractivity contribution in [1.82, 2.24) is 15.1 Å². The van der Waals surface area contributed by atoms with Gasteiger partial charge in [-0.05, 0) is 18.4 Å². The van der Waals surface area contributed by atoms with E-state index >= 15 is 0 Å². The van der Waals surface area contributed by atoms with Crippen molar-refractivity contribution >= 4 is 11.8 Å². The van der Waals surface area contributed by atoms with E-state index in [1.54, 1.807) is 0 Å². The summed E-state index contributed by atoms with van der Waals surface area (Å²) in [6.45, 7) is 6.34. The van der Waals surface area contributed by atoms with Gasteiger partial charge in [0.05, 0.1) is 19.1 Å². The molecule has 1 atom stereocenters. The van der Waals surface area contributed by atoms with Crippen molar-refractivity contribution in [2.24, 2.45) is 5.92 Å². The summed E-state index contributed by atoms with van der Waals surface area (Å²) in [6, 6.07) is 9.91. The molecule has 1 aromatic rings. The van der Waals surface area contributed by atoms with Crippen LogP contribution in [0.1, 0.15) is 24.8 Å². The highest BCUT2D eigenvalue weighted by Crippen LogP contribution is 2.18. The quantitative estimate of drug-likeness (QED) is 0.796. The van der Waals surface area contributed by atoms with Crippen LogP contribution in [0.2, 0.25) is 0 Å². The van der Waals surface area contributed by atoms with E-state index in [4.69, 9.17) is 4.74 Å². The maximum atomic E-state index is 12.5. The SMILES string of the molecule is O=C(NCc1ccccc1)C1CCC(=O)N(CCCN2CCOCC2)C1. The zero-order valence-electron chi connectivity index (χ0n) is 15.4. The Labute approximate surface area is 155 Å². The number of benzene rings is 1. The molecule has 0 bridgehead atoms. The molecule has 1 N–H and O–H groups in total. The summed E-state index contributed by atoms with van der Waals surface area (Å²) in [5.74, 6) is 0.137. The van der Waals surface area contributed by atoms with Gasteiger partial charge in [-0.15, -0.1) is 0 Å². The lowest BCUT2D eigenvalue weighted by Crippen LogP contribution is -2.46. The molecular weight excluding hydrogens is 330 g/mol. The smallest absolute Gasteiger partial charge is 0.225 e. The number of amides is 2. The van der Waals surface area contributed by atoms with Crippen LogP contribution in [0.5, 0.6) is 0 Å². The lowest BCUT2D eigenvalue weighted by molar-refractivity contribution is -0.138. The van der Waals surface area contributed by atoms with E-state index in [0.717, 1.165) is 51.4 Å². The number of hydrogen-bond acceptors (Lipinski definition) is 4. The normalized spacial score (nSPS) is 21.6. The Hall–Kier alpha value is -1.92. The minimum absolute atomic E-state index is 0.0551. The van der Waals surface area contributed by atoms with Crippen molar-refractivity contribution < 1.29 is 14.3 Å². The monoisotopic (exact) mass is 359 g/mol. The van der Waals surface area contributed by atoms with Gasteiger partial charge in [0.2, 0.25) is 11.8 Å². The molecule has 2 aliphatic heterocycles. The van der Waals surface area contributed by atoms with Crippen LogP contribution in [0.4, 0.5) is 0 Å². The minimum atomic E-state index is -0.0974. The molecule has 2 amide bonds. The number of piperidine rings is 1. The first-order chi connectivity index (χ1) is 12.7. The maximum Gasteiger partial charge on any atom is 0.225 e. The fourth-order valence-electron chi connectivity index (χ4n) is 3.58. The minimum Gasteiger partial charge on any atom is -0.379 e. The highest BCUT2D eigenvalue weighted by molar-refractivity contribution is 5.83. The molecule has 6 heteroatoms. The molecule has 0 aromatic heterocycles. The number of likely N-dealkylation sites (tertiary alicyclic amines) is 1. The number of ether oxygens (including phenoxy) is 1. The standard InChI is InChI=1S/C20H29N3O3/c24-19-8-7-18(20(25)21-15-17-5-2-1-3-6-17)16-23(19)10-4-9-22-11-13-26-14-12-22/h1-3,5-6,18H,4,7-16H2,(H,21,25). The molecule has 1 aromatic carbocycles. The number of carbonyl (C=O) groups excluding carboxylic acids is 2. The highest BCUT2D eigenvalue weighted by Gasteiger charge is 2.29.